The third kappa shape index (κ3) is 32.4. The second kappa shape index (κ2) is 37.6. The zero-order valence-corrected chi connectivity index (χ0v) is 38.1. The first-order chi connectivity index (χ1) is 29.5. The van der Waals surface area contributed by atoms with Crippen LogP contribution in [-0.4, -0.2) is 96.0 Å². The average Bonchev–Trinajstić information content (AvgIpc) is 3.22. The smallest absolute Gasteiger partial charge is 0.306 e. The molecule has 0 bridgehead atoms. The molecule has 1 rings (SSSR count). The van der Waals surface area contributed by atoms with Gasteiger partial charge >= 0.3 is 11.9 Å². The van der Waals surface area contributed by atoms with Crippen LogP contribution in [-0.2, 0) is 38.7 Å². The van der Waals surface area contributed by atoms with Gasteiger partial charge in [-0.2, -0.15) is 8.42 Å². The first-order valence-electron chi connectivity index (χ1n) is 23.0. The maximum atomic E-state index is 12.8. The van der Waals surface area contributed by atoms with E-state index < -0.39 is 71.2 Å². The van der Waals surface area contributed by atoms with Crippen molar-refractivity contribution in [1.29, 1.82) is 0 Å². The topological polar surface area (TPSA) is 186 Å². The van der Waals surface area contributed by atoms with Crippen molar-refractivity contribution in [3.63, 3.8) is 0 Å². The van der Waals surface area contributed by atoms with Crippen molar-refractivity contribution in [2.24, 2.45) is 0 Å². The summed E-state index contributed by atoms with van der Waals surface area (Å²) in [6.07, 6.45) is 38.1. The largest absolute Gasteiger partial charge is 0.462 e. The molecule has 1 fully saturated rings. The van der Waals surface area contributed by atoms with Crippen molar-refractivity contribution in [1.82, 2.24) is 0 Å². The van der Waals surface area contributed by atoms with Gasteiger partial charge in [-0.05, 0) is 51.4 Å². The zero-order chi connectivity index (χ0) is 44.8. The van der Waals surface area contributed by atoms with Gasteiger partial charge in [0.1, 0.15) is 36.8 Å². The minimum atomic E-state index is -4.61. The number of ether oxygens (including phenoxy) is 4. The Morgan fingerprint density at radius 1 is 0.574 bits per heavy atom. The fraction of sp³-hybridized carbons (Fsp3) is 0.708. The zero-order valence-electron chi connectivity index (χ0n) is 37.2. The van der Waals surface area contributed by atoms with Gasteiger partial charge in [-0.15, -0.1) is 0 Å². The number of aliphatic hydroxyl groups is 3. The monoisotopic (exact) mass is 881 g/mol. The SMILES string of the molecule is CC/C=C/C/C=C/C/C=C/C/C=C/C/C=C/C/C=C/CCC(=O)O[C@H](COC(=O)CCCCCCCCCCCCCCCC)CO[C@H]1O[C@H](CS(=O)(=O)O)[C@@H](O)C(O)C1O. The van der Waals surface area contributed by atoms with E-state index in [9.17, 15) is 37.9 Å². The molecule has 12 nitrogen and oxygen atoms in total. The molecule has 0 aromatic carbocycles. The summed E-state index contributed by atoms with van der Waals surface area (Å²) in [6, 6.07) is 0. The lowest BCUT2D eigenvalue weighted by Gasteiger charge is -2.40. The van der Waals surface area contributed by atoms with E-state index in [0.29, 0.717) is 19.3 Å². The predicted octanol–water partition coefficient (Wildman–Crippen LogP) is 9.50. The third-order valence-electron chi connectivity index (χ3n) is 10.1. The van der Waals surface area contributed by atoms with Crippen molar-refractivity contribution in [3.8, 4) is 0 Å². The quantitative estimate of drug-likeness (QED) is 0.0201. The summed E-state index contributed by atoms with van der Waals surface area (Å²) >= 11 is 0. The van der Waals surface area contributed by atoms with Crippen LogP contribution in [0.1, 0.15) is 162 Å². The molecule has 6 atom stereocenters. The number of carbonyl (C=O) groups excluding carboxylic acids is 2. The Hall–Kier alpha value is -2.91. The average molecular weight is 881 g/mol. The summed E-state index contributed by atoms with van der Waals surface area (Å²) in [5.41, 5.74) is 0. The number of aliphatic hydroxyl groups excluding tert-OH is 3. The predicted molar refractivity (Wildman–Crippen MR) is 242 cm³/mol. The number of hydrogen-bond acceptors (Lipinski definition) is 11. The second-order valence-corrected chi connectivity index (χ2v) is 17.2. The summed E-state index contributed by atoms with van der Waals surface area (Å²) < 4.78 is 54.0. The lowest BCUT2D eigenvalue weighted by Crippen LogP contribution is -2.60. The molecule has 2 unspecified atom stereocenters. The molecule has 0 radical (unpaired) electrons. The molecule has 13 heteroatoms. The van der Waals surface area contributed by atoms with Crippen molar-refractivity contribution in [3.05, 3.63) is 72.9 Å². The van der Waals surface area contributed by atoms with Crippen LogP contribution in [0.15, 0.2) is 72.9 Å². The number of allylic oxidation sites excluding steroid dienone is 12. The third-order valence-corrected chi connectivity index (χ3v) is 10.8. The molecule has 1 aliphatic heterocycles. The molecule has 1 aliphatic rings. The van der Waals surface area contributed by atoms with Crippen molar-refractivity contribution in [2.45, 2.75) is 198 Å². The lowest BCUT2D eigenvalue weighted by molar-refractivity contribution is -0.297. The molecule has 0 amide bonds. The van der Waals surface area contributed by atoms with E-state index >= 15 is 0 Å². The number of unbranched alkanes of at least 4 members (excludes halogenated alkanes) is 13. The maximum absolute atomic E-state index is 12.8. The number of carbonyl (C=O) groups is 2. The molecule has 1 heterocycles. The molecule has 1 saturated heterocycles. The van der Waals surface area contributed by atoms with Gasteiger partial charge in [0.05, 0.1) is 6.61 Å². The summed E-state index contributed by atoms with van der Waals surface area (Å²) in [5, 5.41) is 30.9. The molecule has 0 spiro atoms. The normalized spacial score (nSPS) is 20.7. The van der Waals surface area contributed by atoms with E-state index in [0.717, 1.165) is 51.4 Å². The fourth-order valence-electron chi connectivity index (χ4n) is 6.53. The van der Waals surface area contributed by atoms with Crippen LogP contribution in [0, 0.1) is 0 Å². The van der Waals surface area contributed by atoms with Crippen molar-refractivity contribution >= 4 is 22.1 Å². The van der Waals surface area contributed by atoms with Crippen LogP contribution >= 0.6 is 0 Å². The molecular weight excluding hydrogens is 801 g/mol. The highest BCUT2D eigenvalue weighted by Crippen LogP contribution is 2.24. The highest BCUT2D eigenvalue weighted by Gasteiger charge is 2.46. The maximum Gasteiger partial charge on any atom is 0.306 e. The molecule has 4 N–H and O–H groups in total. The fourth-order valence-corrected chi connectivity index (χ4v) is 7.22. The second-order valence-electron chi connectivity index (χ2n) is 15.7. The van der Waals surface area contributed by atoms with E-state index in [1.165, 1.54) is 64.2 Å². The Balaban J connectivity index is 2.50. The molecule has 0 aromatic heterocycles. The van der Waals surface area contributed by atoms with Gasteiger partial charge in [-0.3, -0.25) is 14.1 Å². The van der Waals surface area contributed by atoms with E-state index in [1.54, 1.807) is 0 Å². The lowest BCUT2D eigenvalue weighted by atomic mass is 10.00. The Kier molecular flexibility index (Phi) is 34.6. The summed E-state index contributed by atoms with van der Waals surface area (Å²) in [5.74, 6) is -2.10. The molecule has 0 aliphatic carbocycles. The number of rotatable bonds is 37. The van der Waals surface area contributed by atoms with Crippen LogP contribution < -0.4 is 0 Å². The molecule has 0 saturated carbocycles. The standard InChI is InChI=1S/C48H80O12S/c1-3-5-7-9-11-13-15-17-19-20-21-22-23-25-27-29-31-33-35-37-44(50)59-41(39-58-48-47(53)46(52)45(51)42(60-48)40-61(54,55)56)38-57-43(49)36-34-32-30-28-26-24-18-16-14-12-10-8-6-4-2/h5,7,11,13,17,19,21-22,25,27,31,33,41-42,45-48,51-53H,3-4,6,8-10,12,14-16,18,20,23-24,26,28-30,32,34-40H2,1-2H3,(H,54,55,56)/b7-5+,13-11+,19-17+,22-21+,27-25+,33-31+/t41-,42-,45-,46?,47?,48+/m1/s1. The van der Waals surface area contributed by atoms with E-state index in [2.05, 4.69) is 68.5 Å². The molecular formula is C48H80O12S. The van der Waals surface area contributed by atoms with Gasteiger partial charge in [0, 0.05) is 12.8 Å². The van der Waals surface area contributed by atoms with E-state index in [-0.39, 0.29) is 19.4 Å². The first kappa shape index (κ1) is 56.1. The van der Waals surface area contributed by atoms with Crippen LogP contribution in [0.3, 0.4) is 0 Å². The molecule has 61 heavy (non-hydrogen) atoms. The van der Waals surface area contributed by atoms with E-state index in [4.69, 9.17) is 18.9 Å². The van der Waals surface area contributed by atoms with Gasteiger partial charge in [0.15, 0.2) is 12.4 Å². The van der Waals surface area contributed by atoms with Crippen LogP contribution in [0.25, 0.3) is 0 Å². The van der Waals surface area contributed by atoms with Crippen LogP contribution in [0.2, 0.25) is 0 Å². The summed E-state index contributed by atoms with van der Waals surface area (Å²) in [4.78, 5) is 25.4. The number of hydrogen-bond donors (Lipinski definition) is 4. The van der Waals surface area contributed by atoms with Crippen molar-refractivity contribution < 1.29 is 56.8 Å². The van der Waals surface area contributed by atoms with Gasteiger partial charge < -0.3 is 34.3 Å². The first-order valence-corrected chi connectivity index (χ1v) is 24.6. The van der Waals surface area contributed by atoms with Crippen LogP contribution in [0.5, 0.6) is 0 Å². The van der Waals surface area contributed by atoms with E-state index in [1.807, 2.05) is 18.2 Å². The minimum Gasteiger partial charge on any atom is -0.462 e. The van der Waals surface area contributed by atoms with Gasteiger partial charge in [0.25, 0.3) is 10.1 Å². The molecule has 350 valence electrons. The Morgan fingerprint density at radius 3 is 1.51 bits per heavy atom. The van der Waals surface area contributed by atoms with Gasteiger partial charge in [-0.25, -0.2) is 0 Å². The molecule has 0 aromatic rings. The van der Waals surface area contributed by atoms with Crippen molar-refractivity contribution in [2.75, 3.05) is 19.0 Å². The Bertz CT molecular complexity index is 1400. The Morgan fingerprint density at radius 2 is 1.03 bits per heavy atom. The summed E-state index contributed by atoms with van der Waals surface area (Å²) in [6.45, 7) is 3.58. The van der Waals surface area contributed by atoms with Gasteiger partial charge in [0.2, 0.25) is 0 Å². The highest BCUT2D eigenvalue weighted by atomic mass is 32.2. The van der Waals surface area contributed by atoms with Crippen LogP contribution in [0.4, 0.5) is 0 Å². The minimum absolute atomic E-state index is 0.0373. The summed E-state index contributed by atoms with van der Waals surface area (Å²) in [7, 11) is -4.61. The van der Waals surface area contributed by atoms with Gasteiger partial charge in [-0.1, -0.05) is 170 Å². The Labute approximate surface area is 368 Å². The number of esters is 2. The highest BCUT2D eigenvalue weighted by molar-refractivity contribution is 7.85.